The summed E-state index contributed by atoms with van der Waals surface area (Å²) in [5.74, 6) is -0.0795. The van der Waals surface area contributed by atoms with Gasteiger partial charge in [-0.05, 0) is 17.9 Å². The number of alkyl carbamates (subject to hydrolysis) is 1. The molecular formula is C17H27NO3. The molecule has 0 aliphatic heterocycles. The van der Waals surface area contributed by atoms with Gasteiger partial charge in [0.15, 0.2) is 5.78 Å². The first kappa shape index (κ1) is 19.2. The zero-order valence-corrected chi connectivity index (χ0v) is 13.9. The molecule has 0 radical (unpaired) electrons. The van der Waals surface area contributed by atoms with Gasteiger partial charge in [-0.1, -0.05) is 65.0 Å². The third-order valence-electron chi connectivity index (χ3n) is 2.75. The summed E-state index contributed by atoms with van der Waals surface area (Å²) in [7, 11) is 0. The molecule has 0 heterocycles. The topological polar surface area (TPSA) is 55.4 Å². The van der Waals surface area contributed by atoms with Crippen LogP contribution in [0.15, 0.2) is 30.3 Å². The van der Waals surface area contributed by atoms with Crippen molar-refractivity contribution in [3.63, 3.8) is 0 Å². The molecule has 1 rings (SSSR count). The highest BCUT2D eigenvalue weighted by Crippen LogP contribution is 2.20. The van der Waals surface area contributed by atoms with Gasteiger partial charge in [0.1, 0.15) is 6.61 Å². The van der Waals surface area contributed by atoms with Gasteiger partial charge in [-0.25, -0.2) is 4.79 Å². The highest BCUT2D eigenvalue weighted by atomic mass is 16.5. The summed E-state index contributed by atoms with van der Waals surface area (Å²) in [6.45, 7) is 11.4. The summed E-state index contributed by atoms with van der Waals surface area (Å²) in [5.41, 5.74) is 0.574. The average molecular weight is 293 g/mol. The van der Waals surface area contributed by atoms with Gasteiger partial charge in [0.05, 0.1) is 6.04 Å². The predicted molar refractivity (Wildman–Crippen MR) is 85.0 cm³/mol. The fraction of sp³-hybridized carbons (Fsp3) is 0.529. The molecule has 1 aromatic rings. The molecule has 0 saturated carbocycles. The molecule has 0 aromatic heterocycles. The molecule has 4 heteroatoms. The lowest BCUT2D eigenvalue weighted by molar-refractivity contribution is -0.121. The number of nitrogens with one attached hydrogen (secondary N) is 1. The Morgan fingerprint density at radius 2 is 1.67 bits per heavy atom. The highest BCUT2D eigenvalue weighted by molar-refractivity contribution is 5.86. The molecule has 0 fully saturated rings. The third kappa shape index (κ3) is 7.49. The van der Waals surface area contributed by atoms with Crippen LogP contribution in [0.5, 0.6) is 0 Å². The molecule has 118 valence electrons. The Morgan fingerprint density at radius 3 is 2.10 bits per heavy atom. The number of amides is 1. The summed E-state index contributed by atoms with van der Waals surface area (Å²) in [4.78, 5) is 23.2. The minimum Gasteiger partial charge on any atom is -0.445 e. The Bertz CT molecular complexity index is 435. The van der Waals surface area contributed by atoms with Crippen LogP contribution in [0.25, 0.3) is 0 Å². The first-order chi connectivity index (χ1) is 9.80. The summed E-state index contributed by atoms with van der Waals surface area (Å²) in [5, 5.41) is 2.62. The van der Waals surface area contributed by atoms with E-state index < -0.39 is 12.1 Å². The Hall–Kier alpha value is -1.84. The quantitative estimate of drug-likeness (QED) is 0.914. The van der Waals surface area contributed by atoms with E-state index in [-0.39, 0.29) is 17.8 Å². The van der Waals surface area contributed by atoms with E-state index >= 15 is 0 Å². The standard InChI is InChI=1S/C15H21NO3.C2H6/c1-11(17)13(15(2,3)4)16-14(18)19-10-12-8-6-5-7-9-12;1-2/h5-9,13H,10H2,1-4H3,(H,16,18);1-2H3. The van der Waals surface area contributed by atoms with E-state index in [1.165, 1.54) is 6.92 Å². The number of ether oxygens (including phenoxy) is 1. The molecule has 4 nitrogen and oxygen atoms in total. The van der Waals surface area contributed by atoms with Crippen molar-refractivity contribution in [2.75, 3.05) is 0 Å². The van der Waals surface area contributed by atoms with Crippen LogP contribution in [-0.4, -0.2) is 17.9 Å². The van der Waals surface area contributed by atoms with Crippen LogP contribution in [0.3, 0.4) is 0 Å². The van der Waals surface area contributed by atoms with Crippen molar-refractivity contribution in [1.29, 1.82) is 0 Å². The van der Waals surface area contributed by atoms with Gasteiger partial charge in [-0.3, -0.25) is 4.79 Å². The van der Waals surface area contributed by atoms with Crippen molar-refractivity contribution in [3.05, 3.63) is 35.9 Å². The highest BCUT2D eigenvalue weighted by Gasteiger charge is 2.30. The Labute approximate surface area is 127 Å². The number of carbonyl (C=O) groups is 2. The molecular weight excluding hydrogens is 266 g/mol. The van der Waals surface area contributed by atoms with Gasteiger partial charge in [0.25, 0.3) is 0 Å². The van der Waals surface area contributed by atoms with Gasteiger partial charge in [0, 0.05) is 0 Å². The number of carbonyl (C=O) groups excluding carboxylic acids is 2. The van der Waals surface area contributed by atoms with Gasteiger partial charge in [-0.2, -0.15) is 0 Å². The van der Waals surface area contributed by atoms with Crippen LogP contribution in [0, 0.1) is 5.41 Å². The van der Waals surface area contributed by atoms with Crippen molar-refractivity contribution < 1.29 is 14.3 Å². The minimum atomic E-state index is -0.570. The SMILES string of the molecule is CC.CC(=O)C(NC(=O)OCc1ccccc1)C(C)(C)C. The molecule has 0 aliphatic carbocycles. The van der Waals surface area contributed by atoms with E-state index in [2.05, 4.69) is 5.32 Å². The maximum atomic E-state index is 11.7. The van der Waals surface area contributed by atoms with Crippen LogP contribution in [0.4, 0.5) is 4.79 Å². The van der Waals surface area contributed by atoms with E-state index in [1.54, 1.807) is 0 Å². The summed E-state index contributed by atoms with van der Waals surface area (Å²) in [6.07, 6.45) is -0.570. The molecule has 0 bridgehead atoms. The second-order valence-electron chi connectivity index (χ2n) is 5.62. The van der Waals surface area contributed by atoms with Crippen LogP contribution in [0.1, 0.15) is 47.1 Å². The average Bonchev–Trinajstić information content (AvgIpc) is 2.44. The number of Topliss-reactive ketones (excluding diaryl/α,β-unsaturated/α-hetero) is 1. The number of ketones is 1. The predicted octanol–water partition coefficient (Wildman–Crippen LogP) is 3.94. The van der Waals surface area contributed by atoms with Gasteiger partial charge < -0.3 is 10.1 Å². The second-order valence-corrected chi connectivity index (χ2v) is 5.62. The first-order valence-corrected chi connectivity index (χ1v) is 7.28. The molecule has 0 saturated heterocycles. The van der Waals surface area contributed by atoms with Crippen molar-refractivity contribution in [3.8, 4) is 0 Å². The fourth-order valence-corrected chi connectivity index (χ4v) is 1.81. The lowest BCUT2D eigenvalue weighted by Crippen LogP contribution is -2.48. The molecule has 0 aliphatic rings. The Morgan fingerprint density at radius 1 is 1.14 bits per heavy atom. The lowest BCUT2D eigenvalue weighted by atomic mass is 9.85. The molecule has 1 amide bonds. The van der Waals surface area contributed by atoms with E-state index in [1.807, 2.05) is 65.0 Å². The summed E-state index contributed by atoms with van der Waals surface area (Å²) >= 11 is 0. The molecule has 0 spiro atoms. The summed E-state index contributed by atoms with van der Waals surface area (Å²) in [6, 6.07) is 8.86. The summed E-state index contributed by atoms with van der Waals surface area (Å²) < 4.78 is 5.10. The zero-order valence-electron chi connectivity index (χ0n) is 13.9. The van der Waals surface area contributed by atoms with E-state index in [0.717, 1.165) is 5.56 Å². The number of rotatable bonds is 4. The van der Waals surface area contributed by atoms with Crippen LogP contribution in [0.2, 0.25) is 0 Å². The van der Waals surface area contributed by atoms with Gasteiger partial charge in [-0.15, -0.1) is 0 Å². The Balaban J connectivity index is 0.00000191. The van der Waals surface area contributed by atoms with Crippen molar-refractivity contribution in [2.24, 2.45) is 5.41 Å². The molecule has 1 unspecified atom stereocenters. The lowest BCUT2D eigenvalue weighted by Gasteiger charge is -2.28. The number of hydrogen-bond donors (Lipinski definition) is 1. The van der Waals surface area contributed by atoms with Crippen LogP contribution in [-0.2, 0) is 16.1 Å². The maximum absolute atomic E-state index is 11.7. The molecule has 1 atom stereocenters. The van der Waals surface area contributed by atoms with Crippen molar-refractivity contribution in [2.45, 2.75) is 54.2 Å². The van der Waals surface area contributed by atoms with Crippen molar-refractivity contribution >= 4 is 11.9 Å². The molecule has 21 heavy (non-hydrogen) atoms. The molecule has 1 aromatic carbocycles. The maximum Gasteiger partial charge on any atom is 0.408 e. The minimum absolute atomic E-state index is 0.0795. The normalized spacial score (nSPS) is 11.7. The first-order valence-electron chi connectivity index (χ1n) is 7.28. The van der Waals surface area contributed by atoms with E-state index in [0.29, 0.717) is 0 Å². The third-order valence-corrected chi connectivity index (χ3v) is 2.75. The number of hydrogen-bond acceptors (Lipinski definition) is 3. The Kier molecular flexibility index (Phi) is 8.36. The van der Waals surface area contributed by atoms with Gasteiger partial charge in [0.2, 0.25) is 0 Å². The zero-order chi connectivity index (χ0) is 16.5. The van der Waals surface area contributed by atoms with Crippen molar-refractivity contribution in [1.82, 2.24) is 5.32 Å². The largest absolute Gasteiger partial charge is 0.445 e. The molecule has 1 N–H and O–H groups in total. The smallest absolute Gasteiger partial charge is 0.408 e. The van der Waals surface area contributed by atoms with E-state index in [4.69, 9.17) is 4.74 Å². The second kappa shape index (κ2) is 9.16. The van der Waals surface area contributed by atoms with Gasteiger partial charge >= 0.3 is 6.09 Å². The monoisotopic (exact) mass is 293 g/mol. The van der Waals surface area contributed by atoms with Crippen LogP contribution < -0.4 is 5.32 Å². The van der Waals surface area contributed by atoms with Crippen LogP contribution >= 0.6 is 0 Å². The number of benzene rings is 1. The fourth-order valence-electron chi connectivity index (χ4n) is 1.81. The van der Waals surface area contributed by atoms with E-state index in [9.17, 15) is 9.59 Å².